The van der Waals surface area contributed by atoms with Crippen LogP contribution in [0.15, 0.2) is 12.2 Å². The molecule has 2 bridgehead atoms. The van der Waals surface area contributed by atoms with Crippen molar-refractivity contribution in [2.45, 2.75) is 12.5 Å². The standard InChI is InChI=1S/C7H8O2/c8-7-2-1-6-3-5(7)4-9-6/h1-2,5-6H,3-4H2. The minimum Gasteiger partial charge on any atom is -0.373 e. The minimum absolute atomic E-state index is 0.181. The number of ether oxygens (including phenoxy) is 1. The summed E-state index contributed by atoms with van der Waals surface area (Å²) in [5, 5.41) is 0. The lowest BCUT2D eigenvalue weighted by atomic mass is 9.95. The third-order valence-electron chi connectivity index (χ3n) is 1.91. The molecule has 1 aliphatic carbocycles. The second-order valence-corrected chi connectivity index (χ2v) is 2.57. The molecule has 1 saturated heterocycles. The van der Waals surface area contributed by atoms with Crippen molar-refractivity contribution >= 4 is 5.78 Å². The number of hydrogen-bond acceptors (Lipinski definition) is 2. The molecule has 2 unspecified atom stereocenters. The second kappa shape index (κ2) is 1.67. The maximum atomic E-state index is 10.9. The molecule has 0 aromatic carbocycles. The molecule has 0 radical (unpaired) electrons. The normalized spacial score (nSPS) is 39.8. The molecule has 1 aliphatic heterocycles. The van der Waals surface area contributed by atoms with E-state index < -0.39 is 0 Å². The molecule has 2 rings (SSSR count). The number of fused-ring (bicyclic) bond motifs is 2. The Bertz CT molecular complexity index is 172. The van der Waals surface area contributed by atoms with Crippen LogP contribution in [0.3, 0.4) is 0 Å². The fraction of sp³-hybridized carbons (Fsp3) is 0.571. The fourth-order valence-electron chi connectivity index (χ4n) is 1.33. The number of hydrogen-bond donors (Lipinski definition) is 0. The minimum atomic E-state index is 0.181. The average Bonchev–Trinajstić information content (AvgIpc) is 2.25. The Morgan fingerprint density at radius 1 is 1.67 bits per heavy atom. The first-order valence-electron chi connectivity index (χ1n) is 3.20. The Kier molecular flexibility index (Phi) is 0.963. The van der Waals surface area contributed by atoms with E-state index >= 15 is 0 Å². The van der Waals surface area contributed by atoms with Crippen LogP contribution >= 0.6 is 0 Å². The number of carbonyl (C=O) groups excluding carboxylic acids is 1. The highest BCUT2D eigenvalue weighted by atomic mass is 16.5. The third kappa shape index (κ3) is 0.704. The van der Waals surface area contributed by atoms with Gasteiger partial charge in [0.2, 0.25) is 0 Å². The highest BCUT2D eigenvalue weighted by Gasteiger charge is 2.31. The Balaban J connectivity index is 2.29. The van der Waals surface area contributed by atoms with E-state index in [4.69, 9.17) is 4.74 Å². The summed E-state index contributed by atoms with van der Waals surface area (Å²) in [5.74, 6) is 0.420. The third-order valence-corrected chi connectivity index (χ3v) is 1.91. The van der Waals surface area contributed by atoms with Gasteiger partial charge >= 0.3 is 0 Å². The first-order valence-corrected chi connectivity index (χ1v) is 3.20. The van der Waals surface area contributed by atoms with Gasteiger partial charge in [0.1, 0.15) is 0 Å². The molecule has 2 aliphatic rings. The zero-order chi connectivity index (χ0) is 6.27. The molecule has 2 heteroatoms. The van der Waals surface area contributed by atoms with Gasteiger partial charge in [-0.15, -0.1) is 0 Å². The summed E-state index contributed by atoms with van der Waals surface area (Å²) in [6, 6.07) is 0. The van der Waals surface area contributed by atoms with E-state index in [2.05, 4.69) is 0 Å². The van der Waals surface area contributed by atoms with Crippen LogP contribution in [-0.4, -0.2) is 18.5 Å². The predicted octanol–water partition coefficient (Wildman–Crippen LogP) is 0.530. The molecule has 2 atom stereocenters. The SMILES string of the molecule is O=C1C=CC2CC1CO2. The van der Waals surface area contributed by atoms with Gasteiger partial charge in [0.15, 0.2) is 5.78 Å². The van der Waals surface area contributed by atoms with Crippen molar-refractivity contribution in [3.8, 4) is 0 Å². The van der Waals surface area contributed by atoms with Crippen molar-refractivity contribution < 1.29 is 9.53 Å². The van der Waals surface area contributed by atoms with E-state index in [1.807, 2.05) is 6.08 Å². The predicted molar refractivity (Wildman–Crippen MR) is 32.0 cm³/mol. The summed E-state index contributed by atoms with van der Waals surface area (Å²) in [7, 11) is 0. The molecule has 0 aromatic rings. The Hall–Kier alpha value is -0.630. The van der Waals surface area contributed by atoms with Crippen molar-refractivity contribution in [3.05, 3.63) is 12.2 Å². The van der Waals surface area contributed by atoms with Gasteiger partial charge in [-0.05, 0) is 12.5 Å². The van der Waals surface area contributed by atoms with Crippen molar-refractivity contribution in [3.63, 3.8) is 0 Å². The molecular formula is C7H8O2. The van der Waals surface area contributed by atoms with Crippen LogP contribution in [0, 0.1) is 5.92 Å². The number of carbonyl (C=O) groups is 1. The van der Waals surface area contributed by atoms with Gasteiger partial charge in [-0.2, -0.15) is 0 Å². The number of allylic oxidation sites excluding steroid dienone is 1. The zero-order valence-corrected chi connectivity index (χ0v) is 5.04. The van der Waals surface area contributed by atoms with E-state index in [0.717, 1.165) is 6.42 Å². The molecule has 0 spiro atoms. The van der Waals surface area contributed by atoms with Crippen molar-refractivity contribution in [1.29, 1.82) is 0 Å². The molecule has 0 saturated carbocycles. The molecular weight excluding hydrogens is 116 g/mol. The maximum Gasteiger partial charge on any atom is 0.160 e. The van der Waals surface area contributed by atoms with Gasteiger partial charge in [0.05, 0.1) is 12.7 Å². The van der Waals surface area contributed by atoms with Crippen LogP contribution in [0.2, 0.25) is 0 Å². The average molecular weight is 124 g/mol. The highest BCUT2D eigenvalue weighted by Crippen LogP contribution is 2.25. The lowest BCUT2D eigenvalue weighted by Crippen LogP contribution is -2.15. The first kappa shape index (κ1) is 5.18. The van der Waals surface area contributed by atoms with Crippen molar-refractivity contribution in [1.82, 2.24) is 0 Å². The Morgan fingerprint density at radius 2 is 2.56 bits per heavy atom. The summed E-state index contributed by atoms with van der Waals surface area (Å²) in [5.41, 5.74) is 0. The van der Waals surface area contributed by atoms with E-state index in [0.29, 0.717) is 6.61 Å². The van der Waals surface area contributed by atoms with E-state index in [-0.39, 0.29) is 17.8 Å². The summed E-state index contributed by atoms with van der Waals surface area (Å²) in [6.07, 6.45) is 4.65. The molecule has 0 N–H and O–H groups in total. The first-order chi connectivity index (χ1) is 4.36. The molecule has 0 aromatic heterocycles. The van der Waals surface area contributed by atoms with Gasteiger partial charge in [-0.3, -0.25) is 4.79 Å². The maximum absolute atomic E-state index is 10.9. The van der Waals surface area contributed by atoms with Crippen LogP contribution in [0.4, 0.5) is 0 Å². The second-order valence-electron chi connectivity index (χ2n) is 2.57. The molecule has 48 valence electrons. The number of ketones is 1. The fourth-order valence-corrected chi connectivity index (χ4v) is 1.33. The largest absolute Gasteiger partial charge is 0.373 e. The van der Waals surface area contributed by atoms with Crippen molar-refractivity contribution in [2.75, 3.05) is 6.61 Å². The van der Waals surface area contributed by atoms with Crippen LogP contribution in [0.1, 0.15) is 6.42 Å². The van der Waals surface area contributed by atoms with Gasteiger partial charge in [-0.25, -0.2) is 0 Å². The van der Waals surface area contributed by atoms with Gasteiger partial charge in [0.25, 0.3) is 0 Å². The highest BCUT2D eigenvalue weighted by molar-refractivity contribution is 5.93. The van der Waals surface area contributed by atoms with Gasteiger partial charge in [0, 0.05) is 5.92 Å². The topological polar surface area (TPSA) is 26.3 Å². The lowest BCUT2D eigenvalue weighted by molar-refractivity contribution is -0.118. The molecule has 0 amide bonds. The molecule has 9 heavy (non-hydrogen) atoms. The van der Waals surface area contributed by atoms with Crippen LogP contribution in [0.5, 0.6) is 0 Å². The van der Waals surface area contributed by atoms with Crippen LogP contribution in [-0.2, 0) is 9.53 Å². The van der Waals surface area contributed by atoms with Gasteiger partial charge in [-0.1, -0.05) is 6.08 Å². The Morgan fingerprint density at radius 3 is 3.33 bits per heavy atom. The molecule has 1 fully saturated rings. The molecule has 2 nitrogen and oxygen atoms in total. The number of rotatable bonds is 0. The lowest BCUT2D eigenvalue weighted by Gasteiger charge is -2.06. The Labute approximate surface area is 53.5 Å². The smallest absolute Gasteiger partial charge is 0.160 e. The van der Waals surface area contributed by atoms with Crippen molar-refractivity contribution in [2.24, 2.45) is 5.92 Å². The van der Waals surface area contributed by atoms with Crippen LogP contribution < -0.4 is 0 Å². The summed E-state index contributed by atoms with van der Waals surface area (Å²) in [4.78, 5) is 10.9. The quantitative estimate of drug-likeness (QED) is 0.471. The summed E-state index contributed by atoms with van der Waals surface area (Å²) < 4.78 is 5.24. The van der Waals surface area contributed by atoms with Gasteiger partial charge < -0.3 is 4.74 Å². The molecule has 1 heterocycles. The van der Waals surface area contributed by atoms with Crippen LogP contribution in [0.25, 0.3) is 0 Å². The summed E-state index contributed by atoms with van der Waals surface area (Å²) in [6.45, 7) is 0.635. The van der Waals surface area contributed by atoms with E-state index in [1.165, 1.54) is 0 Å². The summed E-state index contributed by atoms with van der Waals surface area (Å²) >= 11 is 0. The zero-order valence-electron chi connectivity index (χ0n) is 5.04. The van der Waals surface area contributed by atoms with E-state index in [9.17, 15) is 4.79 Å². The monoisotopic (exact) mass is 124 g/mol. The van der Waals surface area contributed by atoms with E-state index in [1.54, 1.807) is 6.08 Å².